The van der Waals surface area contributed by atoms with Gasteiger partial charge in [0.05, 0.1) is 17.4 Å². The van der Waals surface area contributed by atoms with Gasteiger partial charge in [0.1, 0.15) is 0 Å². The number of amides is 1. The molecule has 0 bridgehead atoms. The zero-order chi connectivity index (χ0) is 21.0. The highest BCUT2D eigenvalue weighted by Crippen LogP contribution is 2.33. The molecule has 9 heteroatoms. The lowest BCUT2D eigenvalue weighted by molar-refractivity contribution is -0.137. The van der Waals surface area contributed by atoms with E-state index in [4.69, 9.17) is 0 Å². The zero-order valence-electron chi connectivity index (χ0n) is 15.9. The van der Waals surface area contributed by atoms with Crippen molar-refractivity contribution in [1.29, 1.82) is 0 Å². The van der Waals surface area contributed by atoms with Gasteiger partial charge in [-0.1, -0.05) is 41.6 Å². The molecular weight excluding hydrogens is 383 g/mol. The van der Waals surface area contributed by atoms with Crippen LogP contribution in [0.25, 0.3) is 5.69 Å². The lowest BCUT2D eigenvalue weighted by Gasteiger charge is -2.14. The number of alkyl halides is 3. The molecule has 0 saturated heterocycles. The third-order valence-corrected chi connectivity index (χ3v) is 4.23. The zero-order valence-corrected chi connectivity index (χ0v) is 15.9. The fourth-order valence-corrected chi connectivity index (χ4v) is 2.89. The van der Waals surface area contributed by atoms with Crippen LogP contribution in [0.5, 0.6) is 0 Å². The third kappa shape index (κ3) is 5.00. The van der Waals surface area contributed by atoms with Gasteiger partial charge < -0.3 is 10.2 Å². The fourth-order valence-electron chi connectivity index (χ4n) is 2.89. The molecule has 1 heterocycles. The summed E-state index contributed by atoms with van der Waals surface area (Å²) in [7, 11) is 3.90. The molecule has 2 aromatic carbocycles. The quantitative estimate of drug-likeness (QED) is 0.686. The van der Waals surface area contributed by atoms with Crippen molar-refractivity contribution in [2.24, 2.45) is 0 Å². The summed E-state index contributed by atoms with van der Waals surface area (Å²) in [5, 5.41) is 10.2. The van der Waals surface area contributed by atoms with E-state index in [1.54, 1.807) is 0 Å². The van der Waals surface area contributed by atoms with Gasteiger partial charge in [-0.25, -0.2) is 4.68 Å². The predicted octanol–water partition coefficient (Wildman–Crippen LogP) is 3.28. The van der Waals surface area contributed by atoms with Crippen LogP contribution in [0.3, 0.4) is 0 Å². The summed E-state index contributed by atoms with van der Waals surface area (Å²) in [4.78, 5) is 14.4. The Morgan fingerprint density at radius 1 is 1.07 bits per heavy atom. The highest BCUT2D eigenvalue weighted by Gasteiger charge is 2.34. The minimum absolute atomic E-state index is 0.0629. The minimum atomic E-state index is -4.54. The van der Waals surface area contributed by atoms with Gasteiger partial charge in [0.25, 0.3) is 5.91 Å². The number of para-hydroxylation sites is 1. The maximum absolute atomic E-state index is 13.2. The number of hydrogen-bond donors (Lipinski definition) is 1. The molecule has 0 unspecified atom stereocenters. The lowest BCUT2D eigenvalue weighted by Crippen LogP contribution is -2.24. The van der Waals surface area contributed by atoms with Crippen LogP contribution in [0, 0.1) is 0 Å². The molecule has 0 atom stereocenters. The molecule has 3 aromatic rings. The van der Waals surface area contributed by atoms with Crippen LogP contribution in [0.2, 0.25) is 0 Å². The molecule has 152 valence electrons. The summed E-state index contributed by atoms with van der Waals surface area (Å²) in [5.74, 6) is -0.514. The monoisotopic (exact) mass is 403 g/mol. The second-order valence-corrected chi connectivity index (χ2v) is 6.75. The Hall–Kier alpha value is -3.20. The van der Waals surface area contributed by atoms with Crippen LogP contribution >= 0.6 is 0 Å². The van der Waals surface area contributed by atoms with Crippen LogP contribution in [-0.2, 0) is 19.3 Å². The Labute approximate surface area is 165 Å². The average molecular weight is 403 g/mol. The van der Waals surface area contributed by atoms with E-state index in [0.717, 1.165) is 28.4 Å². The molecule has 6 nitrogen and oxygen atoms in total. The molecule has 29 heavy (non-hydrogen) atoms. The molecule has 0 aliphatic carbocycles. The normalized spacial score (nSPS) is 11.7. The molecule has 0 saturated carbocycles. The Morgan fingerprint density at radius 3 is 2.41 bits per heavy atom. The topological polar surface area (TPSA) is 63.1 Å². The van der Waals surface area contributed by atoms with Gasteiger partial charge in [-0.15, -0.1) is 5.10 Å². The Balaban J connectivity index is 1.75. The molecule has 1 N–H and O–H groups in total. The van der Waals surface area contributed by atoms with E-state index in [9.17, 15) is 18.0 Å². The maximum atomic E-state index is 13.2. The van der Waals surface area contributed by atoms with E-state index in [1.165, 1.54) is 24.4 Å². The molecule has 0 aliphatic heterocycles. The summed E-state index contributed by atoms with van der Waals surface area (Å²) in [5.41, 5.74) is 0.911. The largest absolute Gasteiger partial charge is 0.418 e. The number of carbonyl (C=O) groups excluding carboxylic acids is 1. The van der Waals surface area contributed by atoms with Crippen LogP contribution in [0.15, 0.2) is 54.7 Å². The van der Waals surface area contributed by atoms with E-state index in [1.807, 2.05) is 43.3 Å². The number of carbonyl (C=O) groups is 1. The highest BCUT2D eigenvalue weighted by molar-refractivity contribution is 5.91. The van der Waals surface area contributed by atoms with Crippen LogP contribution in [-0.4, -0.2) is 39.9 Å². The van der Waals surface area contributed by atoms with Gasteiger partial charge >= 0.3 is 6.18 Å². The van der Waals surface area contributed by atoms with E-state index < -0.39 is 17.6 Å². The Morgan fingerprint density at radius 2 is 1.72 bits per heavy atom. The fraction of sp³-hybridized carbons (Fsp3) is 0.250. The standard InChI is InChI=1S/C20H20F3N5O/c1-27(2)12-15-8-4-3-7-14(15)11-24-19(29)17-13-28(26-25-17)18-10-6-5-9-16(18)20(21,22)23/h3-10,13H,11-12H2,1-2H3,(H,24,29). The number of rotatable bonds is 6. The number of halogens is 3. The van der Waals surface area contributed by atoms with Crippen molar-refractivity contribution in [3.05, 3.63) is 77.1 Å². The first-order valence-electron chi connectivity index (χ1n) is 8.84. The Bertz CT molecular complexity index is 998. The first-order chi connectivity index (χ1) is 13.8. The maximum Gasteiger partial charge on any atom is 0.418 e. The number of hydrogen-bond acceptors (Lipinski definition) is 4. The SMILES string of the molecule is CN(C)Cc1ccccc1CNC(=O)c1cn(-c2ccccc2C(F)(F)F)nn1. The van der Waals surface area contributed by atoms with Crippen molar-refractivity contribution < 1.29 is 18.0 Å². The van der Waals surface area contributed by atoms with E-state index in [-0.39, 0.29) is 17.9 Å². The summed E-state index contributed by atoms with van der Waals surface area (Å²) in [6, 6.07) is 12.7. The number of aromatic nitrogens is 3. The predicted molar refractivity (Wildman–Crippen MR) is 101 cm³/mol. The molecular formula is C20H20F3N5O. The van der Waals surface area contributed by atoms with Gasteiger partial charge in [0, 0.05) is 13.1 Å². The van der Waals surface area contributed by atoms with Gasteiger partial charge in [-0.2, -0.15) is 13.2 Å². The number of nitrogens with zero attached hydrogens (tertiary/aromatic N) is 4. The third-order valence-electron chi connectivity index (χ3n) is 4.23. The molecule has 3 rings (SSSR count). The van der Waals surface area contributed by atoms with E-state index in [2.05, 4.69) is 15.6 Å². The van der Waals surface area contributed by atoms with Crippen molar-refractivity contribution in [3.8, 4) is 5.69 Å². The highest BCUT2D eigenvalue weighted by atomic mass is 19.4. The van der Waals surface area contributed by atoms with Crippen LogP contribution in [0.4, 0.5) is 13.2 Å². The first-order valence-corrected chi connectivity index (χ1v) is 8.84. The molecule has 0 fully saturated rings. The van der Waals surface area contributed by atoms with E-state index >= 15 is 0 Å². The second-order valence-electron chi connectivity index (χ2n) is 6.75. The minimum Gasteiger partial charge on any atom is -0.347 e. The summed E-state index contributed by atoms with van der Waals surface area (Å²) < 4.78 is 40.5. The summed E-state index contributed by atoms with van der Waals surface area (Å²) in [6.45, 7) is 0.991. The van der Waals surface area contributed by atoms with Gasteiger partial charge in [0.2, 0.25) is 0 Å². The number of nitrogens with one attached hydrogen (secondary N) is 1. The lowest BCUT2D eigenvalue weighted by atomic mass is 10.1. The summed E-state index contributed by atoms with van der Waals surface area (Å²) >= 11 is 0. The average Bonchev–Trinajstić information content (AvgIpc) is 3.16. The van der Waals surface area contributed by atoms with Gasteiger partial charge in [-0.05, 0) is 37.4 Å². The molecule has 0 radical (unpaired) electrons. The first kappa shape index (κ1) is 20.5. The molecule has 1 amide bonds. The summed E-state index contributed by atoms with van der Waals surface area (Å²) in [6.07, 6.45) is -3.35. The van der Waals surface area contributed by atoms with Crippen LogP contribution < -0.4 is 5.32 Å². The van der Waals surface area contributed by atoms with E-state index in [0.29, 0.717) is 0 Å². The van der Waals surface area contributed by atoms with Gasteiger partial charge in [-0.3, -0.25) is 4.79 Å². The molecule has 1 aromatic heterocycles. The smallest absolute Gasteiger partial charge is 0.347 e. The second kappa shape index (κ2) is 8.44. The van der Waals surface area contributed by atoms with Gasteiger partial charge in [0.15, 0.2) is 5.69 Å². The van der Waals surface area contributed by atoms with Crippen LogP contribution in [0.1, 0.15) is 27.2 Å². The van der Waals surface area contributed by atoms with Crippen molar-refractivity contribution >= 4 is 5.91 Å². The van der Waals surface area contributed by atoms with Crippen molar-refractivity contribution in [2.75, 3.05) is 14.1 Å². The van der Waals surface area contributed by atoms with Crippen molar-refractivity contribution in [2.45, 2.75) is 19.3 Å². The molecule has 0 aliphatic rings. The Kier molecular flexibility index (Phi) is 5.97. The molecule has 0 spiro atoms. The van der Waals surface area contributed by atoms with Crippen molar-refractivity contribution in [3.63, 3.8) is 0 Å². The number of benzene rings is 2. The van der Waals surface area contributed by atoms with Crippen molar-refractivity contribution in [1.82, 2.24) is 25.2 Å².